The first kappa shape index (κ1) is 30.5. The quantitative estimate of drug-likeness (QED) is 0.461. The van der Waals surface area contributed by atoms with E-state index in [0.717, 1.165) is 4.57 Å². The van der Waals surface area contributed by atoms with Gasteiger partial charge in [-0.3, -0.25) is 33.6 Å². The smallest absolute Gasteiger partial charge is 0.330 e. The number of Topliss-reactive ketones (excluding diaryl/α,β-unsaturated/α-hetero) is 1. The summed E-state index contributed by atoms with van der Waals surface area (Å²) in [6.45, 7) is 6.13. The number of anilines is 1. The summed E-state index contributed by atoms with van der Waals surface area (Å²) in [6, 6.07) is 11.2. The third-order valence-corrected chi connectivity index (χ3v) is 7.96. The number of nitrogens with two attached hydrogens (primary N) is 1. The van der Waals surface area contributed by atoms with E-state index in [0.29, 0.717) is 17.8 Å². The fourth-order valence-electron chi connectivity index (χ4n) is 6.17. The number of nitrogens with zero attached hydrogens (tertiary/aromatic N) is 3. The SMILES string of the molecule is CC(=O)OC[C@H]1O[C@@H](n2cc(C3C(C#N)=C(N)N(c4ccccc4)C4=C3C(=O)CC(C)(C)C4)c(=O)[nH]c2=O)CC1OC(C)=O. The van der Waals surface area contributed by atoms with Gasteiger partial charge in [-0.25, -0.2) is 4.79 Å². The Morgan fingerprint density at radius 3 is 2.48 bits per heavy atom. The van der Waals surface area contributed by atoms with E-state index in [1.54, 1.807) is 4.90 Å². The average molecular weight is 604 g/mol. The van der Waals surface area contributed by atoms with Gasteiger partial charge in [-0.05, 0) is 24.0 Å². The van der Waals surface area contributed by atoms with Gasteiger partial charge in [0.25, 0.3) is 5.56 Å². The van der Waals surface area contributed by atoms with Crippen LogP contribution in [0.1, 0.15) is 64.7 Å². The zero-order chi connectivity index (χ0) is 31.9. The Labute approximate surface area is 252 Å². The lowest BCUT2D eigenvalue weighted by Crippen LogP contribution is -2.44. The number of aromatic amines is 1. The van der Waals surface area contributed by atoms with E-state index >= 15 is 0 Å². The number of H-pyrrole nitrogens is 1. The Bertz CT molecular complexity index is 1750. The van der Waals surface area contributed by atoms with Crippen molar-refractivity contribution in [3.63, 3.8) is 0 Å². The third-order valence-electron chi connectivity index (χ3n) is 7.96. The second-order valence-corrected chi connectivity index (χ2v) is 11.9. The van der Waals surface area contributed by atoms with Crippen LogP contribution < -0.4 is 21.9 Å². The summed E-state index contributed by atoms with van der Waals surface area (Å²) < 4.78 is 17.5. The number of ketones is 1. The van der Waals surface area contributed by atoms with E-state index in [1.165, 1.54) is 20.0 Å². The molecule has 3 aliphatic rings. The number of benzene rings is 1. The van der Waals surface area contributed by atoms with E-state index in [9.17, 15) is 29.2 Å². The summed E-state index contributed by atoms with van der Waals surface area (Å²) in [7, 11) is 0. The van der Waals surface area contributed by atoms with E-state index < -0.39 is 53.0 Å². The number of nitrogens with one attached hydrogen (secondary N) is 1. The Hall–Kier alpha value is -4.96. The van der Waals surface area contributed by atoms with Crippen LogP contribution in [0.15, 0.2) is 68.8 Å². The molecule has 230 valence electrons. The van der Waals surface area contributed by atoms with Gasteiger partial charge in [0, 0.05) is 55.4 Å². The lowest BCUT2D eigenvalue weighted by Gasteiger charge is -2.43. The van der Waals surface area contributed by atoms with Crippen molar-refractivity contribution in [3.05, 3.63) is 85.6 Å². The molecule has 0 saturated carbocycles. The maximum absolute atomic E-state index is 13.9. The van der Waals surface area contributed by atoms with Crippen LogP contribution in [-0.2, 0) is 28.6 Å². The molecule has 0 spiro atoms. The Kier molecular flexibility index (Phi) is 8.05. The average Bonchev–Trinajstić information content (AvgIpc) is 3.32. The van der Waals surface area contributed by atoms with Gasteiger partial charge in [-0.15, -0.1) is 0 Å². The topological polar surface area (TPSA) is 187 Å². The predicted octanol–water partition coefficient (Wildman–Crippen LogP) is 2.26. The first-order valence-electron chi connectivity index (χ1n) is 14.1. The zero-order valence-electron chi connectivity index (χ0n) is 24.8. The van der Waals surface area contributed by atoms with E-state index in [-0.39, 0.29) is 47.8 Å². The van der Waals surface area contributed by atoms with Crippen molar-refractivity contribution in [2.24, 2.45) is 11.1 Å². The molecule has 2 aliphatic heterocycles. The highest BCUT2D eigenvalue weighted by Crippen LogP contribution is 2.49. The molecule has 13 heteroatoms. The Morgan fingerprint density at radius 1 is 1.14 bits per heavy atom. The fourth-order valence-corrected chi connectivity index (χ4v) is 6.17. The molecule has 0 bridgehead atoms. The van der Waals surface area contributed by atoms with Crippen LogP contribution in [0.3, 0.4) is 0 Å². The van der Waals surface area contributed by atoms with Crippen LogP contribution in [0.2, 0.25) is 0 Å². The lowest BCUT2D eigenvalue weighted by molar-refractivity contribution is -0.155. The zero-order valence-corrected chi connectivity index (χ0v) is 24.8. The van der Waals surface area contributed by atoms with Crippen molar-refractivity contribution < 1.29 is 28.6 Å². The molecule has 2 aromatic rings. The van der Waals surface area contributed by atoms with Gasteiger partial charge in [-0.2, -0.15) is 5.26 Å². The number of carbonyl (C=O) groups is 3. The van der Waals surface area contributed by atoms with Gasteiger partial charge in [0.1, 0.15) is 30.9 Å². The third kappa shape index (κ3) is 5.68. The van der Waals surface area contributed by atoms with Crippen molar-refractivity contribution in [1.82, 2.24) is 9.55 Å². The number of allylic oxidation sites excluding steroid dienone is 3. The second kappa shape index (κ2) is 11.6. The highest BCUT2D eigenvalue weighted by molar-refractivity contribution is 6.01. The largest absolute Gasteiger partial charge is 0.463 e. The molecule has 1 saturated heterocycles. The number of para-hydroxylation sites is 1. The number of hydrogen-bond acceptors (Lipinski definition) is 11. The van der Waals surface area contributed by atoms with Crippen molar-refractivity contribution in [2.45, 2.75) is 71.3 Å². The highest BCUT2D eigenvalue weighted by atomic mass is 16.6. The van der Waals surface area contributed by atoms with Gasteiger partial charge in [0.05, 0.1) is 17.6 Å². The van der Waals surface area contributed by atoms with Crippen LogP contribution in [-0.4, -0.2) is 46.1 Å². The number of ether oxygens (including phenoxy) is 3. The molecule has 1 fully saturated rings. The summed E-state index contributed by atoms with van der Waals surface area (Å²) in [5, 5.41) is 10.4. The molecular weight excluding hydrogens is 570 g/mol. The molecular formula is C31H33N5O8. The summed E-state index contributed by atoms with van der Waals surface area (Å²) >= 11 is 0. The Balaban J connectivity index is 1.64. The van der Waals surface area contributed by atoms with Crippen molar-refractivity contribution in [1.29, 1.82) is 5.26 Å². The molecule has 3 heterocycles. The lowest BCUT2D eigenvalue weighted by atomic mass is 9.69. The van der Waals surface area contributed by atoms with Gasteiger partial charge >= 0.3 is 17.6 Å². The Morgan fingerprint density at radius 2 is 1.84 bits per heavy atom. The number of esters is 2. The van der Waals surface area contributed by atoms with Crippen LogP contribution >= 0.6 is 0 Å². The summed E-state index contributed by atoms with van der Waals surface area (Å²) in [5.74, 6) is -2.49. The van der Waals surface area contributed by atoms with Crippen LogP contribution in [0.4, 0.5) is 5.69 Å². The van der Waals surface area contributed by atoms with Gasteiger partial charge < -0.3 is 19.9 Å². The van der Waals surface area contributed by atoms with Crippen molar-refractivity contribution >= 4 is 23.4 Å². The van der Waals surface area contributed by atoms with Crippen LogP contribution in [0, 0.1) is 16.7 Å². The monoisotopic (exact) mass is 603 g/mol. The molecule has 1 aliphatic carbocycles. The maximum Gasteiger partial charge on any atom is 0.330 e. The molecule has 4 atom stereocenters. The van der Waals surface area contributed by atoms with Crippen LogP contribution in [0.25, 0.3) is 0 Å². The highest BCUT2D eigenvalue weighted by Gasteiger charge is 2.46. The second-order valence-electron chi connectivity index (χ2n) is 11.9. The fraction of sp³-hybridized carbons (Fsp3) is 0.419. The minimum Gasteiger partial charge on any atom is -0.463 e. The number of nitriles is 1. The minimum atomic E-state index is -1.16. The molecule has 13 nitrogen and oxygen atoms in total. The van der Waals surface area contributed by atoms with Gasteiger partial charge in [-0.1, -0.05) is 32.0 Å². The summed E-state index contributed by atoms with van der Waals surface area (Å²) in [6.07, 6.45) is -0.892. The normalized spacial score (nSPS) is 24.5. The molecule has 2 unspecified atom stereocenters. The molecule has 5 rings (SSSR count). The van der Waals surface area contributed by atoms with Crippen LogP contribution in [0.5, 0.6) is 0 Å². The molecule has 0 radical (unpaired) electrons. The summed E-state index contributed by atoms with van der Waals surface area (Å²) in [4.78, 5) is 67.5. The first-order chi connectivity index (χ1) is 20.8. The number of rotatable bonds is 6. The molecule has 1 aromatic heterocycles. The van der Waals surface area contributed by atoms with E-state index in [4.69, 9.17) is 19.9 Å². The molecule has 0 amide bonds. The van der Waals surface area contributed by atoms with Crippen molar-refractivity contribution in [3.8, 4) is 6.07 Å². The van der Waals surface area contributed by atoms with Gasteiger partial charge in [0.15, 0.2) is 5.78 Å². The maximum atomic E-state index is 13.9. The molecule has 3 N–H and O–H groups in total. The van der Waals surface area contributed by atoms with E-state index in [2.05, 4.69) is 11.1 Å². The summed E-state index contributed by atoms with van der Waals surface area (Å²) in [5.41, 5.74) is 6.04. The number of carbonyl (C=O) groups excluding carboxylic acids is 3. The molecule has 44 heavy (non-hydrogen) atoms. The first-order valence-corrected chi connectivity index (χ1v) is 14.1. The van der Waals surface area contributed by atoms with Gasteiger partial charge in [0.2, 0.25) is 0 Å². The molecule has 1 aromatic carbocycles. The van der Waals surface area contributed by atoms with E-state index in [1.807, 2.05) is 44.2 Å². The van der Waals surface area contributed by atoms with Crippen molar-refractivity contribution in [2.75, 3.05) is 11.5 Å². The standard InChI is InChI=1S/C31H33N5O8/c1-16(37)42-15-24-23(43-17(2)38)10-25(44-24)35-14-20(29(40)34-30(35)41)26-19(13-32)28(33)36(18-8-6-5-7-9-18)21-11-31(3,4)12-22(39)27(21)26/h5-9,14,23-26H,10-12,15,33H2,1-4H3,(H,34,40,41)/t23?,24-,25-,26?/m1/s1. The number of aromatic nitrogens is 2. The minimum absolute atomic E-state index is 0.00745. The number of hydrogen-bond donors (Lipinski definition) is 2. The predicted molar refractivity (Wildman–Crippen MR) is 156 cm³/mol.